The van der Waals surface area contributed by atoms with Crippen molar-refractivity contribution in [3.63, 3.8) is 0 Å². The fourth-order valence-corrected chi connectivity index (χ4v) is 3.07. The molecule has 0 atom stereocenters. The lowest BCUT2D eigenvalue weighted by Crippen LogP contribution is -2.48. The average molecular weight is 448 g/mol. The van der Waals surface area contributed by atoms with Gasteiger partial charge in [0.05, 0.1) is 5.56 Å². The predicted octanol–water partition coefficient (Wildman–Crippen LogP) is 4.34. The third-order valence-corrected chi connectivity index (χ3v) is 4.93. The number of hydrogen-bond acceptors (Lipinski definition) is 4. The molecule has 32 heavy (non-hydrogen) atoms. The van der Waals surface area contributed by atoms with Crippen molar-refractivity contribution in [3.8, 4) is 5.75 Å². The summed E-state index contributed by atoms with van der Waals surface area (Å²) in [6.45, 7) is 4.51. The lowest BCUT2D eigenvalue weighted by molar-refractivity contribution is 0.0930. The minimum atomic E-state index is -0.438. The molecule has 0 bridgehead atoms. The predicted molar refractivity (Wildman–Crippen MR) is 128 cm³/mol. The minimum absolute atomic E-state index is 0.0148. The first-order valence-corrected chi connectivity index (χ1v) is 10.6. The number of hydrazine groups is 1. The zero-order valence-corrected chi connectivity index (χ0v) is 18.7. The van der Waals surface area contributed by atoms with Crippen molar-refractivity contribution in [2.75, 3.05) is 0 Å². The van der Waals surface area contributed by atoms with E-state index in [2.05, 4.69) is 30.0 Å². The van der Waals surface area contributed by atoms with Gasteiger partial charge in [-0.05, 0) is 53.5 Å². The molecule has 3 aromatic carbocycles. The van der Waals surface area contributed by atoms with Crippen LogP contribution in [0.15, 0.2) is 78.9 Å². The highest BCUT2D eigenvalue weighted by Crippen LogP contribution is 2.19. The number of carbonyl (C=O) groups excluding carboxylic acids is 2. The fraction of sp³-hybridized carbons (Fsp3) is 0.160. The molecule has 0 aliphatic heterocycles. The van der Waals surface area contributed by atoms with E-state index < -0.39 is 5.91 Å². The number of thiocarbonyl (C=S) groups is 1. The standard InChI is InChI=1S/C25H25N3O3S/c1-17(2)19-12-14-20(15-13-19)23(29)26-25(32)28-27-24(30)21-10-6-7-11-22(21)31-16-18-8-4-3-5-9-18/h3-15,17H,16H2,1-2H3,(H,27,30)(H2,26,28,29,32). The van der Waals surface area contributed by atoms with Crippen molar-refractivity contribution < 1.29 is 14.3 Å². The highest BCUT2D eigenvalue weighted by molar-refractivity contribution is 7.80. The van der Waals surface area contributed by atoms with Gasteiger partial charge in [0.2, 0.25) is 0 Å². The summed E-state index contributed by atoms with van der Waals surface area (Å²) >= 11 is 5.12. The monoisotopic (exact) mass is 447 g/mol. The first-order chi connectivity index (χ1) is 15.4. The van der Waals surface area contributed by atoms with Crippen LogP contribution in [0.2, 0.25) is 0 Å². The molecule has 3 aromatic rings. The summed E-state index contributed by atoms with van der Waals surface area (Å²) in [7, 11) is 0. The Morgan fingerprint density at radius 1 is 0.844 bits per heavy atom. The van der Waals surface area contributed by atoms with Gasteiger partial charge in [0.25, 0.3) is 11.8 Å². The molecular formula is C25H25N3O3S. The highest BCUT2D eigenvalue weighted by atomic mass is 32.1. The molecule has 6 nitrogen and oxygen atoms in total. The van der Waals surface area contributed by atoms with E-state index in [9.17, 15) is 9.59 Å². The Morgan fingerprint density at radius 2 is 1.50 bits per heavy atom. The second-order valence-electron chi connectivity index (χ2n) is 7.41. The van der Waals surface area contributed by atoms with Crippen molar-refractivity contribution in [2.24, 2.45) is 0 Å². The SMILES string of the molecule is CC(C)c1ccc(C(=O)NC(=S)NNC(=O)c2ccccc2OCc2ccccc2)cc1. The van der Waals surface area contributed by atoms with Gasteiger partial charge in [0.1, 0.15) is 12.4 Å². The Labute approximate surface area is 193 Å². The van der Waals surface area contributed by atoms with Gasteiger partial charge in [0.15, 0.2) is 5.11 Å². The van der Waals surface area contributed by atoms with Crippen LogP contribution >= 0.6 is 12.2 Å². The van der Waals surface area contributed by atoms with E-state index in [1.807, 2.05) is 42.5 Å². The van der Waals surface area contributed by atoms with Gasteiger partial charge in [-0.1, -0.05) is 68.4 Å². The van der Waals surface area contributed by atoms with Crippen molar-refractivity contribution in [1.29, 1.82) is 0 Å². The molecular weight excluding hydrogens is 422 g/mol. The summed E-state index contributed by atoms with van der Waals surface area (Å²) in [5.74, 6) is 0.0191. The number of para-hydroxylation sites is 1. The summed E-state index contributed by atoms with van der Waals surface area (Å²) in [5, 5.41) is 2.53. The van der Waals surface area contributed by atoms with E-state index in [0.29, 0.717) is 29.4 Å². The van der Waals surface area contributed by atoms with Crippen LogP contribution in [0.4, 0.5) is 0 Å². The molecule has 2 amide bonds. The van der Waals surface area contributed by atoms with Crippen LogP contribution in [0.3, 0.4) is 0 Å². The van der Waals surface area contributed by atoms with E-state index in [4.69, 9.17) is 17.0 Å². The first-order valence-electron chi connectivity index (χ1n) is 10.2. The van der Waals surface area contributed by atoms with Crippen molar-refractivity contribution in [2.45, 2.75) is 26.4 Å². The smallest absolute Gasteiger partial charge is 0.273 e. The van der Waals surface area contributed by atoms with Crippen LogP contribution in [0.5, 0.6) is 5.75 Å². The van der Waals surface area contributed by atoms with Gasteiger partial charge in [-0.15, -0.1) is 0 Å². The summed E-state index contributed by atoms with van der Waals surface area (Å²) < 4.78 is 5.81. The van der Waals surface area contributed by atoms with Crippen LogP contribution in [-0.4, -0.2) is 16.9 Å². The number of nitrogens with one attached hydrogen (secondary N) is 3. The lowest BCUT2D eigenvalue weighted by Gasteiger charge is -2.14. The summed E-state index contributed by atoms with van der Waals surface area (Å²) in [6, 6.07) is 23.9. The second-order valence-corrected chi connectivity index (χ2v) is 7.82. The Balaban J connectivity index is 1.53. The molecule has 0 spiro atoms. The van der Waals surface area contributed by atoms with Gasteiger partial charge in [0, 0.05) is 5.56 Å². The topological polar surface area (TPSA) is 79.5 Å². The average Bonchev–Trinajstić information content (AvgIpc) is 2.82. The first kappa shape index (κ1) is 23.0. The number of ether oxygens (including phenoxy) is 1. The molecule has 0 saturated carbocycles. The zero-order valence-electron chi connectivity index (χ0n) is 17.9. The second kappa shape index (κ2) is 11.1. The third-order valence-electron chi connectivity index (χ3n) is 4.73. The van der Waals surface area contributed by atoms with Gasteiger partial charge in [-0.3, -0.25) is 25.8 Å². The number of carbonyl (C=O) groups is 2. The summed E-state index contributed by atoms with van der Waals surface area (Å²) in [5.41, 5.74) is 8.00. The maximum atomic E-state index is 12.6. The summed E-state index contributed by atoms with van der Waals surface area (Å²) in [6.07, 6.45) is 0. The van der Waals surface area contributed by atoms with E-state index >= 15 is 0 Å². The molecule has 164 valence electrons. The Bertz CT molecular complexity index is 1080. The van der Waals surface area contributed by atoms with E-state index in [1.54, 1.807) is 36.4 Å². The molecule has 0 aliphatic carbocycles. The minimum Gasteiger partial charge on any atom is -0.488 e. The van der Waals surface area contributed by atoms with Gasteiger partial charge in [-0.25, -0.2) is 0 Å². The van der Waals surface area contributed by atoms with Crippen LogP contribution in [0.25, 0.3) is 0 Å². The maximum absolute atomic E-state index is 12.6. The molecule has 0 aromatic heterocycles. The quantitative estimate of drug-likeness (QED) is 0.387. The zero-order chi connectivity index (χ0) is 22.9. The Hall–Kier alpha value is -3.71. The molecule has 0 saturated heterocycles. The number of rotatable bonds is 6. The van der Waals surface area contributed by atoms with Gasteiger partial charge < -0.3 is 4.74 Å². The Morgan fingerprint density at radius 3 is 2.19 bits per heavy atom. The molecule has 0 radical (unpaired) electrons. The van der Waals surface area contributed by atoms with E-state index in [-0.39, 0.29) is 11.0 Å². The van der Waals surface area contributed by atoms with E-state index in [1.165, 1.54) is 0 Å². The van der Waals surface area contributed by atoms with Crippen LogP contribution in [0.1, 0.15) is 51.6 Å². The van der Waals surface area contributed by atoms with Crippen LogP contribution < -0.4 is 20.9 Å². The third kappa shape index (κ3) is 6.39. The highest BCUT2D eigenvalue weighted by Gasteiger charge is 2.14. The number of amides is 2. The maximum Gasteiger partial charge on any atom is 0.273 e. The van der Waals surface area contributed by atoms with Crippen molar-refractivity contribution >= 4 is 29.1 Å². The van der Waals surface area contributed by atoms with Gasteiger partial charge in [-0.2, -0.15) is 0 Å². The molecule has 0 aliphatic rings. The summed E-state index contributed by atoms with van der Waals surface area (Å²) in [4.78, 5) is 25.0. The fourth-order valence-electron chi connectivity index (χ4n) is 2.92. The van der Waals surface area contributed by atoms with E-state index in [0.717, 1.165) is 11.1 Å². The normalized spacial score (nSPS) is 10.3. The molecule has 0 fully saturated rings. The Kier molecular flexibility index (Phi) is 7.94. The van der Waals surface area contributed by atoms with Gasteiger partial charge >= 0.3 is 0 Å². The van der Waals surface area contributed by atoms with Crippen LogP contribution in [0, 0.1) is 0 Å². The number of hydrogen-bond donors (Lipinski definition) is 3. The van der Waals surface area contributed by atoms with Crippen molar-refractivity contribution in [3.05, 3.63) is 101 Å². The largest absolute Gasteiger partial charge is 0.488 e. The molecule has 3 rings (SSSR count). The number of benzene rings is 3. The van der Waals surface area contributed by atoms with Crippen LogP contribution in [-0.2, 0) is 6.61 Å². The lowest BCUT2D eigenvalue weighted by atomic mass is 10.0. The van der Waals surface area contributed by atoms with Crippen molar-refractivity contribution in [1.82, 2.24) is 16.2 Å². The molecule has 0 heterocycles. The molecule has 7 heteroatoms. The molecule has 3 N–H and O–H groups in total. The molecule has 0 unspecified atom stereocenters.